The highest BCUT2D eigenvalue weighted by Crippen LogP contribution is 2.09. The van der Waals surface area contributed by atoms with Crippen LogP contribution in [0.1, 0.15) is 61.3 Å². The zero-order chi connectivity index (χ0) is 18.5. The Morgan fingerprint density at radius 2 is 1.23 bits per heavy atom. The highest BCUT2D eigenvalue weighted by Gasteiger charge is 1.94. The largest absolute Gasteiger partial charge is 0.159 e. The molecule has 2 nitrogen and oxygen atoms in total. The Hall–Kier alpha value is -2.48. The molecule has 0 amide bonds. The van der Waals surface area contributed by atoms with Gasteiger partial charge in [0.25, 0.3) is 0 Å². The van der Waals surface area contributed by atoms with Crippen LogP contribution in [0, 0.1) is 0 Å². The van der Waals surface area contributed by atoms with Gasteiger partial charge in [-0.25, -0.2) is 0 Å². The summed E-state index contributed by atoms with van der Waals surface area (Å²) < 4.78 is 0. The Morgan fingerprint density at radius 3 is 1.69 bits per heavy atom. The van der Waals surface area contributed by atoms with Crippen LogP contribution in [0.4, 0.5) is 0 Å². The molecule has 0 aliphatic rings. The van der Waals surface area contributed by atoms with E-state index in [2.05, 4.69) is 72.2 Å². The molecule has 2 aromatic rings. The molecule has 136 valence electrons. The van der Waals surface area contributed by atoms with Crippen molar-refractivity contribution in [1.82, 2.24) is 0 Å². The molecule has 0 saturated heterocycles. The van der Waals surface area contributed by atoms with Gasteiger partial charge < -0.3 is 0 Å². The van der Waals surface area contributed by atoms with E-state index in [1.54, 1.807) is 12.4 Å². The van der Waals surface area contributed by atoms with Crippen LogP contribution in [0.25, 0.3) is 0 Å². The number of benzene rings is 2. The first-order valence-corrected chi connectivity index (χ1v) is 9.67. The first-order chi connectivity index (χ1) is 12.8. The second-order valence-corrected chi connectivity index (χ2v) is 6.61. The highest BCUT2D eigenvalue weighted by molar-refractivity contribution is 5.82. The van der Waals surface area contributed by atoms with Crippen molar-refractivity contribution in [3.8, 4) is 0 Å². The third-order valence-corrected chi connectivity index (χ3v) is 4.38. The average Bonchev–Trinajstić information content (AvgIpc) is 2.69. The zero-order valence-electron chi connectivity index (χ0n) is 15.9. The van der Waals surface area contributed by atoms with Crippen LogP contribution < -0.4 is 0 Å². The van der Waals surface area contributed by atoms with Gasteiger partial charge in [0.15, 0.2) is 0 Å². The number of nitrogens with zero attached hydrogens (tertiary/aromatic N) is 2. The molecule has 0 aliphatic carbocycles. The van der Waals surface area contributed by atoms with E-state index in [-0.39, 0.29) is 0 Å². The molecule has 0 aromatic heterocycles. The van der Waals surface area contributed by atoms with Gasteiger partial charge in [0.2, 0.25) is 0 Å². The number of aryl methyl sites for hydroxylation is 2. The van der Waals surface area contributed by atoms with Crippen LogP contribution in [0.5, 0.6) is 0 Å². The molecule has 0 saturated carbocycles. The number of allylic oxidation sites excluding steroid dienone is 1. The van der Waals surface area contributed by atoms with Crippen LogP contribution in [0.15, 0.2) is 71.4 Å². The molecule has 0 fully saturated rings. The molecule has 0 radical (unpaired) electrons. The van der Waals surface area contributed by atoms with E-state index in [4.69, 9.17) is 0 Å². The summed E-state index contributed by atoms with van der Waals surface area (Å²) in [4.78, 5) is 0. The Balaban J connectivity index is 1.79. The molecule has 0 N–H and O–H groups in total. The summed E-state index contributed by atoms with van der Waals surface area (Å²) >= 11 is 0. The molecule has 0 unspecified atom stereocenters. The lowest BCUT2D eigenvalue weighted by Crippen LogP contribution is -1.88. The minimum absolute atomic E-state index is 1.08. The van der Waals surface area contributed by atoms with Crippen molar-refractivity contribution in [2.24, 2.45) is 10.2 Å². The van der Waals surface area contributed by atoms with Crippen molar-refractivity contribution in [2.45, 2.75) is 51.9 Å². The van der Waals surface area contributed by atoms with E-state index in [0.29, 0.717) is 0 Å². The molecule has 2 heteroatoms. The lowest BCUT2D eigenvalue weighted by molar-refractivity contribution is 0.748. The summed E-state index contributed by atoms with van der Waals surface area (Å²) in [7, 11) is 0. The Labute approximate surface area is 158 Å². The van der Waals surface area contributed by atoms with Gasteiger partial charge >= 0.3 is 0 Å². The van der Waals surface area contributed by atoms with Crippen LogP contribution in [0.3, 0.4) is 0 Å². The predicted octanol–water partition coefficient (Wildman–Crippen LogP) is 6.38. The quantitative estimate of drug-likeness (QED) is 0.195. The van der Waals surface area contributed by atoms with Crippen molar-refractivity contribution >= 4 is 12.4 Å². The first-order valence-electron chi connectivity index (χ1n) is 9.67. The van der Waals surface area contributed by atoms with E-state index in [9.17, 15) is 0 Å². The lowest BCUT2D eigenvalue weighted by atomic mass is 10.1. The SMILES string of the molecule is C=CCCCCc1ccc(C=NN=Cc2ccc(CCCC)cc2)cc1. The minimum atomic E-state index is 1.08. The van der Waals surface area contributed by atoms with Gasteiger partial charge in [0, 0.05) is 0 Å². The topological polar surface area (TPSA) is 24.7 Å². The second kappa shape index (κ2) is 12.0. The van der Waals surface area contributed by atoms with Gasteiger partial charge in [-0.3, -0.25) is 0 Å². The number of hydrogen-bond donors (Lipinski definition) is 0. The minimum Gasteiger partial charge on any atom is -0.159 e. The van der Waals surface area contributed by atoms with Crippen LogP contribution in [0.2, 0.25) is 0 Å². The monoisotopic (exact) mass is 346 g/mol. The molecular formula is C24H30N2. The van der Waals surface area contributed by atoms with Crippen molar-refractivity contribution in [3.05, 3.63) is 83.4 Å². The smallest absolute Gasteiger partial charge is 0.0568 e. The predicted molar refractivity (Wildman–Crippen MR) is 114 cm³/mol. The Morgan fingerprint density at radius 1 is 0.731 bits per heavy atom. The molecular weight excluding hydrogens is 316 g/mol. The fraction of sp³-hybridized carbons (Fsp3) is 0.333. The molecule has 0 spiro atoms. The van der Waals surface area contributed by atoms with Gasteiger partial charge in [-0.1, -0.05) is 68.0 Å². The van der Waals surface area contributed by atoms with Crippen LogP contribution in [-0.2, 0) is 12.8 Å². The third-order valence-electron chi connectivity index (χ3n) is 4.38. The summed E-state index contributed by atoms with van der Waals surface area (Å²) in [6.07, 6.45) is 13.8. The number of rotatable bonds is 11. The standard InChI is InChI=1S/C24H30N2/c1-3-5-7-8-10-22-13-17-24(18-14-22)20-26-25-19-23-15-11-21(12-16-23)9-6-4-2/h3,11-20H,1,4-10H2,2H3. The van der Waals surface area contributed by atoms with E-state index in [0.717, 1.165) is 30.4 Å². The highest BCUT2D eigenvalue weighted by atomic mass is 15.2. The summed E-state index contributed by atoms with van der Waals surface area (Å²) in [5.74, 6) is 0. The van der Waals surface area contributed by atoms with Crippen molar-refractivity contribution < 1.29 is 0 Å². The van der Waals surface area contributed by atoms with Crippen LogP contribution >= 0.6 is 0 Å². The second-order valence-electron chi connectivity index (χ2n) is 6.61. The van der Waals surface area contributed by atoms with Gasteiger partial charge in [0.1, 0.15) is 0 Å². The summed E-state index contributed by atoms with van der Waals surface area (Å²) in [6, 6.07) is 17.1. The van der Waals surface area contributed by atoms with Gasteiger partial charge in [-0.2, -0.15) is 10.2 Å². The van der Waals surface area contributed by atoms with Crippen molar-refractivity contribution in [1.29, 1.82) is 0 Å². The van der Waals surface area contributed by atoms with Crippen LogP contribution in [-0.4, -0.2) is 12.4 Å². The summed E-state index contributed by atoms with van der Waals surface area (Å²) in [6.45, 7) is 5.98. The average molecular weight is 347 g/mol. The molecule has 0 bridgehead atoms. The maximum atomic E-state index is 4.16. The first kappa shape index (κ1) is 19.8. The molecule has 0 atom stereocenters. The Bertz CT molecular complexity index is 694. The molecule has 0 aliphatic heterocycles. The third kappa shape index (κ3) is 7.60. The van der Waals surface area contributed by atoms with E-state index in [1.165, 1.54) is 36.8 Å². The molecule has 26 heavy (non-hydrogen) atoms. The summed E-state index contributed by atoms with van der Waals surface area (Å²) in [5, 5.41) is 8.31. The lowest BCUT2D eigenvalue weighted by Gasteiger charge is -2.01. The number of hydrogen-bond acceptors (Lipinski definition) is 2. The number of unbranched alkanes of at least 4 members (excludes halogenated alkanes) is 3. The normalized spacial score (nSPS) is 11.4. The van der Waals surface area contributed by atoms with Gasteiger partial charge in [-0.05, 0) is 60.8 Å². The van der Waals surface area contributed by atoms with E-state index in [1.807, 2.05) is 6.08 Å². The zero-order valence-corrected chi connectivity index (χ0v) is 15.9. The van der Waals surface area contributed by atoms with Crippen molar-refractivity contribution in [2.75, 3.05) is 0 Å². The van der Waals surface area contributed by atoms with Gasteiger partial charge in [0.05, 0.1) is 12.4 Å². The van der Waals surface area contributed by atoms with Crippen molar-refractivity contribution in [3.63, 3.8) is 0 Å². The maximum absolute atomic E-state index is 4.16. The molecule has 2 rings (SSSR count). The molecule has 2 aromatic carbocycles. The fourth-order valence-electron chi connectivity index (χ4n) is 2.74. The van der Waals surface area contributed by atoms with Gasteiger partial charge in [-0.15, -0.1) is 6.58 Å². The maximum Gasteiger partial charge on any atom is 0.0568 e. The van der Waals surface area contributed by atoms with E-state index >= 15 is 0 Å². The fourth-order valence-corrected chi connectivity index (χ4v) is 2.74. The Kier molecular flexibility index (Phi) is 9.13. The molecule has 0 heterocycles. The van der Waals surface area contributed by atoms with E-state index < -0.39 is 0 Å². The summed E-state index contributed by atoms with van der Waals surface area (Å²) in [5.41, 5.74) is 4.92.